The summed E-state index contributed by atoms with van der Waals surface area (Å²) in [6, 6.07) is 0. The summed E-state index contributed by atoms with van der Waals surface area (Å²) in [5, 5.41) is 3.28. The van der Waals surface area contributed by atoms with Crippen LogP contribution in [0.3, 0.4) is 0 Å². The van der Waals surface area contributed by atoms with E-state index in [0.717, 1.165) is 37.6 Å². The lowest BCUT2D eigenvalue weighted by Gasteiger charge is -2.14. The number of nitrogens with zero attached hydrogens (tertiary/aromatic N) is 2. The Morgan fingerprint density at radius 1 is 1.41 bits per heavy atom. The number of anilines is 2. The minimum Gasteiger partial charge on any atom is -0.383 e. The van der Waals surface area contributed by atoms with Crippen molar-refractivity contribution in [2.45, 2.75) is 33.1 Å². The van der Waals surface area contributed by atoms with E-state index in [9.17, 15) is 0 Å². The fourth-order valence-corrected chi connectivity index (χ4v) is 1.64. The van der Waals surface area contributed by atoms with E-state index in [1.807, 2.05) is 6.92 Å². The number of nitrogen functional groups attached to an aromatic ring is 1. The monoisotopic (exact) mass is 238 g/mol. The molecule has 1 rings (SSSR count). The van der Waals surface area contributed by atoms with Crippen molar-refractivity contribution in [1.29, 1.82) is 0 Å². The molecule has 17 heavy (non-hydrogen) atoms. The summed E-state index contributed by atoms with van der Waals surface area (Å²) in [7, 11) is 0. The summed E-state index contributed by atoms with van der Waals surface area (Å²) in [4.78, 5) is 8.26. The van der Waals surface area contributed by atoms with Crippen LogP contribution in [0.25, 0.3) is 0 Å². The molecule has 0 aromatic carbocycles. The van der Waals surface area contributed by atoms with E-state index in [4.69, 9.17) is 10.5 Å². The zero-order valence-electron chi connectivity index (χ0n) is 10.9. The van der Waals surface area contributed by atoms with Crippen molar-refractivity contribution >= 4 is 11.6 Å². The molecule has 96 valence electrons. The van der Waals surface area contributed by atoms with Gasteiger partial charge in [0.05, 0.1) is 0 Å². The number of rotatable bonds is 7. The van der Waals surface area contributed by atoms with Crippen LogP contribution >= 0.6 is 0 Å². The van der Waals surface area contributed by atoms with Crippen LogP contribution in [0.4, 0.5) is 11.6 Å². The van der Waals surface area contributed by atoms with Crippen molar-refractivity contribution in [1.82, 2.24) is 9.97 Å². The second-order valence-corrected chi connectivity index (χ2v) is 4.15. The average molecular weight is 238 g/mol. The molecular formula is C12H22N4O. The lowest BCUT2D eigenvalue weighted by atomic mass is 10.0. The van der Waals surface area contributed by atoms with Gasteiger partial charge in [-0.15, -0.1) is 0 Å². The Balaban J connectivity index is 2.55. The maximum atomic E-state index is 5.86. The van der Waals surface area contributed by atoms with E-state index in [0.29, 0.717) is 11.7 Å². The largest absolute Gasteiger partial charge is 0.383 e. The van der Waals surface area contributed by atoms with Crippen molar-refractivity contribution < 1.29 is 4.74 Å². The zero-order chi connectivity index (χ0) is 12.7. The number of aromatic nitrogens is 2. The predicted octanol–water partition coefficient (Wildman–Crippen LogP) is 2.02. The number of hydrogen-bond donors (Lipinski definition) is 2. The lowest BCUT2D eigenvalue weighted by molar-refractivity contribution is 0.147. The van der Waals surface area contributed by atoms with Gasteiger partial charge < -0.3 is 15.8 Å². The Kier molecular flexibility index (Phi) is 5.69. The highest BCUT2D eigenvalue weighted by Crippen LogP contribution is 2.25. The van der Waals surface area contributed by atoms with Gasteiger partial charge in [0.2, 0.25) is 0 Å². The zero-order valence-corrected chi connectivity index (χ0v) is 10.9. The van der Waals surface area contributed by atoms with Gasteiger partial charge >= 0.3 is 0 Å². The number of ether oxygens (including phenoxy) is 1. The summed E-state index contributed by atoms with van der Waals surface area (Å²) in [5.41, 5.74) is 6.85. The third-order valence-electron chi connectivity index (χ3n) is 2.45. The highest BCUT2D eigenvalue weighted by Gasteiger charge is 2.12. The highest BCUT2D eigenvalue weighted by molar-refractivity contribution is 5.56. The SMILES string of the molecule is CCOCCCNc1ncnc(N)c1C(C)C. The lowest BCUT2D eigenvalue weighted by Crippen LogP contribution is -2.11. The summed E-state index contributed by atoms with van der Waals surface area (Å²) in [6.07, 6.45) is 2.45. The molecule has 0 atom stereocenters. The molecule has 0 saturated carbocycles. The van der Waals surface area contributed by atoms with Gasteiger partial charge in [0, 0.05) is 25.3 Å². The van der Waals surface area contributed by atoms with E-state index in [2.05, 4.69) is 29.1 Å². The first-order chi connectivity index (χ1) is 8.16. The minimum absolute atomic E-state index is 0.311. The van der Waals surface area contributed by atoms with Crippen molar-refractivity contribution in [2.75, 3.05) is 30.8 Å². The van der Waals surface area contributed by atoms with Crippen LogP contribution in [0, 0.1) is 0 Å². The molecule has 1 aromatic heterocycles. The van der Waals surface area contributed by atoms with Gasteiger partial charge in [0.1, 0.15) is 18.0 Å². The van der Waals surface area contributed by atoms with Crippen LogP contribution in [-0.4, -0.2) is 29.7 Å². The van der Waals surface area contributed by atoms with Crippen molar-refractivity contribution in [3.05, 3.63) is 11.9 Å². The first-order valence-electron chi connectivity index (χ1n) is 6.08. The molecule has 1 heterocycles. The smallest absolute Gasteiger partial charge is 0.134 e. The number of nitrogens with two attached hydrogens (primary N) is 1. The van der Waals surface area contributed by atoms with Crippen LogP contribution in [-0.2, 0) is 4.74 Å². The van der Waals surface area contributed by atoms with Gasteiger partial charge in [-0.2, -0.15) is 0 Å². The molecule has 0 aliphatic rings. The Hall–Kier alpha value is -1.36. The summed E-state index contributed by atoms with van der Waals surface area (Å²) >= 11 is 0. The standard InChI is InChI=1S/C12H22N4O/c1-4-17-7-5-6-14-12-10(9(2)3)11(13)15-8-16-12/h8-9H,4-7H2,1-3H3,(H3,13,14,15,16). The molecule has 0 aliphatic carbocycles. The summed E-state index contributed by atoms with van der Waals surface area (Å²) < 4.78 is 5.28. The quantitative estimate of drug-likeness (QED) is 0.711. The van der Waals surface area contributed by atoms with Crippen LogP contribution in [0.15, 0.2) is 6.33 Å². The Morgan fingerprint density at radius 2 is 2.18 bits per heavy atom. The van der Waals surface area contributed by atoms with Gasteiger partial charge in [-0.3, -0.25) is 0 Å². The fourth-order valence-electron chi connectivity index (χ4n) is 1.64. The maximum Gasteiger partial charge on any atom is 0.134 e. The van der Waals surface area contributed by atoms with Gasteiger partial charge in [0.15, 0.2) is 0 Å². The molecule has 0 fully saturated rings. The van der Waals surface area contributed by atoms with E-state index >= 15 is 0 Å². The molecule has 0 bridgehead atoms. The molecular weight excluding hydrogens is 216 g/mol. The normalized spacial score (nSPS) is 10.8. The number of hydrogen-bond acceptors (Lipinski definition) is 5. The van der Waals surface area contributed by atoms with Gasteiger partial charge in [-0.25, -0.2) is 9.97 Å². The molecule has 0 unspecified atom stereocenters. The van der Waals surface area contributed by atoms with Gasteiger partial charge in [-0.05, 0) is 19.3 Å². The predicted molar refractivity (Wildman–Crippen MR) is 70.1 cm³/mol. The fraction of sp³-hybridized carbons (Fsp3) is 0.667. The molecule has 0 amide bonds. The molecule has 0 spiro atoms. The topological polar surface area (TPSA) is 73.1 Å². The van der Waals surface area contributed by atoms with E-state index in [1.165, 1.54) is 6.33 Å². The second kappa shape index (κ2) is 7.06. The minimum atomic E-state index is 0.311. The first-order valence-corrected chi connectivity index (χ1v) is 6.08. The average Bonchev–Trinajstić information content (AvgIpc) is 2.28. The molecule has 0 radical (unpaired) electrons. The maximum absolute atomic E-state index is 5.86. The first kappa shape index (κ1) is 13.7. The van der Waals surface area contributed by atoms with Gasteiger partial charge in [0.25, 0.3) is 0 Å². The third kappa shape index (κ3) is 4.19. The Labute approximate surface area is 103 Å². The van der Waals surface area contributed by atoms with Crippen LogP contribution < -0.4 is 11.1 Å². The number of nitrogens with one attached hydrogen (secondary N) is 1. The van der Waals surface area contributed by atoms with Crippen LogP contribution in [0.5, 0.6) is 0 Å². The molecule has 0 saturated heterocycles. The van der Waals surface area contributed by atoms with E-state index in [-0.39, 0.29) is 0 Å². The van der Waals surface area contributed by atoms with Gasteiger partial charge in [-0.1, -0.05) is 13.8 Å². The molecule has 3 N–H and O–H groups in total. The van der Waals surface area contributed by atoms with Crippen molar-refractivity contribution in [3.63, 3.8) is 0 Å². The van der Waals surface area contributed by atoms with Crippen molar-refractivity contribution in [2.24, 2.45) is 0 Å². The second-order valence-electron chi connectivity index (χ2n) is 4.15. The van der Waals surface area contributed by atoms with E-state index in [1.54, 1.807) is 0 Å². The molecule has 1 aromatic rings. The third-order valence-corrected chi connectivity index (χ3v) is 2.45. The molecule has 0 aliphatic heterocycles. The molecule has 5 heteroatoms. The Morgan fingerprint density at radius 3 is 2.82 bits per heavy atom. The van der Waals surface area contributed by atoms with Crippen LogP contribution in [0.1, 0.15) is 38.7 Å². The van der Waals surface area contributed by atoms with Crippen molar-refractivity contribution in [3.8, 4) is 0 Å². The Bertz CT molecular complexity index is 341. The summed E-state index contributed by atoms with van der Waals surface area (Å²) in [5.74, 6) is 1.71. The molecule has 5 nitrogen and oxygen atoms in total. The summed E-state index contributed by atoms with van der Waals surface area (Å²) in [6.45, 7) is 8.52. The van der Waals surface area contributed by atoms with E-state index < -0.39 is 0 Å². The highest BCUT2D eigenvalue weighted by atomic mass is 16.5. The van der Waals surface area contributed by atoms with Crippen LogP contribution in [0.2, 0.25) is 0 Å².